The Morgan fingerprint density at radius 2 is 2.11 bits per heavy atom. The van der Waals surface area contributed by atoms with Crippen molar-refractivity contribution in [3.8, 4) is 0 Å². The van der Waals surface area contributed by atoms with Crippen molar-refractivity contribution in [1.82, 2.24) is 9.88 Å². The maximum atomic E-state index is 12.1. The van der Waals surface area contributed by atoms with Gasteiger partial charge in [0.25, 0.3) is 0 Å². The molecular weight excluding hydrogens is 256 g/mol. The van der Waals surface area contributed by atoms with Crippen molar-refractivity contribution in [2.45, 2.75) is 32.4 Å². The largest absolute Gasteiger partial charge is 0.477 e. The summed E-state index contributed by atoms with van der Waals surface area (Å²) in [6, 6.07) is 0.253. The van der Waals surface area contributed by atoms with Crippen molar-refractivity contribution in [3.05, 3.63) is 33.2 Å². The molecule has 100 valence electrons. The van der Waals surface area contributed by atoms with E-state index in [2.05, 4.69) is 5.32 Å². The summed E-state index contributed by atoms with van der Waals surface area (Å²) in [5, 5.41) is 12.3. The lowest BCUT2D eigenvalue weighted by molar-refractivity contribution is 0.0694. The Hall–Kier alpha value is -1.33. The van der Waals surface area contributed by atoms with Crippen molar-refractivity contribution in [3.63, 3.8) is 0 Å². The molecular formula is C12H17ClN2O3. The first-order valence-electron chi connectivity index (χ1n) is 5.63. The average Bonchev–Trinajstić information content (AvgIpc) is 2.21. The van der Waals surface area contributed by atoms with Gasteiger partial charge in [-0.1, -0.05) is 0 Å². The third kappa shape index (κ3) is 2.28. The van der Waals surface area contributed by atoms with E-state index in [1.165, 1.54) is 6.20 Å². The number of halogens is 1. The summed E-state index contributed by atoms with van der Waals surface area (Å²) in [4.78, 5) is 23.1. The molecule has 0 amide bonds. The molecule has 0 radical (unpaired) electrons. The monoisotopic (exact) mass is 272 g/mol. The minimum Gasteiger partial charge on any atom is -0.477 e. The molecule has 0 bridgehead atoms. The molecule has 0 saturated carbocycles. The number of fused-ring (bicyclic) bond motifs is 1. The predicted octanol–water partition coefficient (Wildman–Crippen LogP) is 1.10. The number of carbonyl (C=O) groups is 1. The summed E-state index contributed by atoms with van der Waals surface area (Å²) in [5.41, 5.74) is 1.03. The minimum atomic E-state index is -1.16. The minimum absolute atomic E-state index is 0. The van der Waals surface area contributed by atoms with Gasteiger partial charge in [0, 0.05) is 36.6 Å². The Morgan fingerprint density at radius 3 is 2.67 bits per heavy atom. The van der Waals surface area contributed by atoms with Crippen LogP contribution in [0, 0.1) is 0 Å². The average molecular weight is 273 g/mol. The lowest BCUT2D eigenvalue weighted by Gasteiger charge is -2.30. The van der Waals surface area contributed by atoms with Crippen LogP contribution in [0.1, 0.15) is 41.5 Å². The molecule has 0 spiro atoms. The highest BCUT2D eigenvalue weighted by atomic mass is 35.5. The molecule has 1 aromatic heterocycles. The highest BCUT2D eigenvalue weighted by Crippen LogP contribution is 2.22. The maximum absolute atomic E-state index is 12.1. The number of aromatic carboxylic acids is 1. The maximum Gasteiger partial charge on any atom is 0.341 e. The summed E-state index contributed by atoms with van der Waals surface area (Å²) in [6.45, 7) is 3.97. The molecule has 0 aliphatic carbocycles. The first-order chi connectivity index (χ1) is 7.91. The first-order valence-corrected chi connectivity index (χ1v) is 5.63. The van der Waals surface area contributed by atoms with E-state index in [1.807, 2.05) is 13.8 Å². The Morgan fingerprint density at radius 1 is 1.50 bits per heavy atom. The fourth-order valence-electron chi connectivity index (χ4n) is 2.60. The highest BCUT2D eigenvalue weighted by molar-refractivity contribution is 5.87. The van der Waals surface area contributed by atoms with Gasteiger partial charge in [-0.3, -0.25) is 4.79 Å². The summed E-state index contributed by atoms with van der Waals surface area (Å²) >= 11 is 0. The number of rotatable bonds is 1. The van der Waals surface area contributed by atoms with Gasteiger partial charge in [-0.2, -0.15) is 0 Å². The van der Waals surface area contributed by atoms with Crippen molar-refractivity contribution < 1.29 is 9.90 Å². The van der Waals surface area contributed by atoms with E-state index in [0.29, 0.717) is 12.0 Å². The summed E-state index contributed by atoms with van der Waals surface area (Å²) in [7, 11) is 1.78. The second-order valence-electron chi connectivity index (χ2n) is 4.65. The molecule has 0 aromatic carbocycles. The van der Waals surface area contributed by atoms with Gasteiger partial charge in [0.15, 0.2) is 5.43 Å². The van der Waals surface area contributed by atoms with Gasteiger partial charge in [-0.05, 0) is 20.3 Å². The van der Waals surface area contributed by atoms with Gasteiger partial charge in [-0.25, -0.2) is 4.79 Å². The van der Waals surface area contributed by atoms with Crippen LogP contribution in [-0.4, -0.2) is 21.7 Å². The molecule has 5 nitrogen and oxygen atoms in total. The van der Waals surface area contributed by atoms with Gasteiger partial charge in [0.05, 0.1) is 0 Å². The van der Waals surface area contributed by atoms with E-state index >= 15 is 0 Å². The number of aryl methyl sites for hydroxylation is 1. The van der Waals surface area contributed by atoms with Gasteiger partial charge in [0.2, 0.25) is 0 Å². The molecule has 2 heterocycles. The van der Waals surface area contributed by atoms with E-state index in [4.69, 9.17) is 5.11 Å². The van der Waals surface area contributed by atoms with Gasteiger partial charge in [-0.15, -0.1) is 12.4 Å². The SMILES string of the molecule is CC1Cc2c(n(C)cc(C(=O)O)c2=O)C(C)N1.Cl. The second kappa shape index (κ2) is 5.12. The number of nitrogens with zero attached hydrogens (tertiary/aromatic N) is 1. The van der Waals surface area contributed by atoms with Crippen LogP contribution in [-0.2, 0) is 13.5 Å². The van der Waals surface area contributed by atoms with Crippen LogP contribution in [0.5, 0.6) is 0 Å². The fraction of sp³-hybridized carbons (Fsp3) is 0.500. The number of aromatic nitrogens is 1. The van der Waals surface area contributed by atoms with Crippen LogP contribution in [0.2, 0.25) is 0 Å². The second-order valence-corrected chi connectivity index (χ2v) is 4.65. The summed E-state index contributed by atoms with van der Waals surface area (Å²) < 4.78 is 1.74. The molecule has 2 N–H and O–H groups in total. The van der Waals surface area contributed by atoms with E-state index in [1.54, 1.807) is 11.6 Å². The number of nitrogens with one attached hydrogen (secondary N) is 1. The molecule has 0 fully saturated rings. The van der Waals surface area contributed by atoms with Crippen LogP contribution in [0.15, 0.2) is 11.0 Å². The number of carboxylic acid groups (broad SMARTS) is 1. The normalized spacial score (nSPS) is 21.9. The predicted molar refractivity (Wildman–Crippen MR) is 70.6 cm³/mol. The molecule has 1 aliphatic heterocycles. The van der Waals surface area contributed by atoms with E-state index in [0.717, 1.165) is 5.69 Å². The third-order valence-corrected chi connectivity index (χ3v) is 3.22. The molecule has 2 unspecified atom stereocenters. The van der Waals surface area contributed by atoms with Crippen molar-refractivity contribution in [1.29, 1.82) is 0 Å². The van der Waals surface area contributed by atoms with Crippen molar-refractivity contribution in [2.24, 2.45) is 7.05 Å². The van der Waals surface area contributed by atoms with Gasteiger partial charge < -0.3 is 15.0 Å². The first kappa shape index (κ1) is 14.7. The summed E-state index contributed by atoms with van der Waals surface area (Å²) in [5.74, 6) is -1.16. The Kier molecular flexibility index (Phi) is 4.19. The van der Waals surface area contributed by atoms with Crippen LogP contribution in [0.25, 0.3) is 0 Å². The molecule has 2 rings (SSSR count). The Bertz CT molecular complexity index is 539. The van der Waals surface area contributed by atoms with Crippen LogP contribution >= 0.6 is 12.4 Å². The third-order valence-electron chi connectivity index (χ3n) is 3.22. The standard InChI is InChI=1S/C12H16N2O3.ClH/c1-6-4-8-10(7(2)13-6)14(3)5-9(11(8)15)12(16)17;/h5-7,13H,4H2,1-3H3,(H,16,17);1H. The number of carboxylic acids is 1. The van der Waals surface area contributed by atoms with Crippen LogP contribution in [0.3, 0.4) is 0 Å². The van der Waals surface area contributed by atoms with Gasteiger partial charge in [0.1, 0.15) is 5.56 Å². The Labute approximate surface area is 111 Å². The number of hydrogen-bond donors (Lipinski definition) is 2. The Balaban J connectivity index is 0.00000162. The molecule has 6 heteroatoms. The van der Waals surface area contributed by atoms with E-state index in [-0.39, 0.29) is 35.5 Å². The van der Waals surface area contributed by atoms with Crippen LogP contribution in [0.4, 0.5) is 0 Å². The fourth-order valence-corrected chi connectivity index (χ4v) is 2.60. The lowest BCUT2D eigenvalue weighted by atomic mass is 9.94. The zero-order valence-corrected chi connectivity index (χ0v) is 11.4. The van der Waals surface area contributed by atoms with E-state index < -0.39 is 5.97 Å². The zero-order chi connectivity index (χ0) is 12.7. The number of hydrogen-bond acceptors (Lipinski definition) is 3. The quantitative estimate of drug-likeness (QED) is 0.803. The van der Waals surface area contributed by atoms with Crippen molar-refractivity contribution in [2.75, 3.05) is 0 Å². The molecule has 1 aromatic rings. The summed E-state index contributed by atoms with van der Waals surface area (Å²) in [6.07, 6.45) is 1.98. The smallest absolute Gasteiger partial charge is 0.341 e. The zero-order valence-electron chi connectivity index (χ0n) is 10.6. The highest BCUT2D eigenvalue weighted by Gasteiger charge is 2.27. The van der Waals surface area contributed by atoms with Gasteiger partial charge >= 0.3 is 5.97 Å². The lowest BCUT2D eigenvalue weighted by Crippen LogP contribution is -2.41. The van der Waals surface area contributed by atoms with Crippen molar-refractivity contribution >= 4 is 18.4 Å². The molecule has 1 aliphatic rings. The topological polar surface area (TPSA) is 71.3 Å². The molecule has 18 heavy (non-hydrogen) atoms. The van der Waals surface area contributed by atoms with Crippen LogP contribution < -0.4 is 10.7 Å². The molecule has 2 atom stereocenters. The van der Waals surface area contributed by atoms with E-state index in [9.17, 15) is 9.59 Å². The number of pyridine rings is 1. The molecule has 0 saturated heterocycles.